The minimum atomic E-state index is -0.298. The SMILES string of the molecule is O[C@@H]1CCCCC1Nc1nc2ccc(Cn3cnc4cc(Cl)c(Cl)nc43)cc2s1. The van der Waals surface area contributed by atoms with Crippen LogP contribution in [-0.4, -0.2) is 36.8 Å². The topological polar surface area (TPSA) is 75.9 Å². The van der Waals surface area contributed by atoms with Crippen molar-refractivity contribution >= 4 is 61.1 Å². The summed E-state index contributed by atoms with van der Waals surface area (Å²) in [6, 6.07) is 8.04. The first-order valence-electron chi connectivity index (χ1n) is 9.58. The highest BCUT2D eigenvalue weighted by Gasteiger charge is 2.23. The van der Waals surface area contributed by atoms with Crippen LogP contribution in [-0.2, 0) is 6.54 Å². The van der Waals surface area contributed by atoms with Crippen LogP contribution >= 0.6 is 34.5 Å². The van der Waals surface area contributed by atoms with Crippen LogP contribution in [0.25, 0.3) is 21.4 Å². The van der Waals surface area contributed by atoms with Crippen LogP contribution in [0.5, 0.6) is 0 Å². The van der Waals surface area contributed by atoms with Gasteiger partial charge in [0.1, 0.15) is 10.7 Å². The third kappa shape index (κ3) is 3.80. The summed E-state index contributed by atoms with van der Waals surface area (Å²) in [5, 5.41) is 15.2. The van der Waals surface area contributed by atoms with E-state index in [1.807, 2.05) is 10.6 Å². The molecule has 0 aliphatic heterocycles. The molecule has 9 heteroatoms. The van der Waals surface area contributed by atoms with Crippen molar-refractivity contribution in [3.8, 4) is 0 Å². The first-order chi connectivity index (χ1) is 14.1. The number of aromatic nitrogens is 4. The van der Waals surface area contributed by atoms with Crippen molar-refractivity contribution in [3.05, 3.63) is 46.3 Å². The minimum Gasteiger partial charge on any atom is -0.391 e. The molecule has 29 heavy (non-hydrogen) atoms. The Hall–Kier alpha value is -1.93. The van der Waals surface area contributed by atoms with Crippen LogP contribution < -0.4 is 5.32 Å². The monoisotopic (exact) mass is 447 g/mol. The summed E-state index contributed by atoms with van der Waals surface area (Å²) < 4.78 is 3.06. The maximum atomic E-state index is 10.2. The second-order valence-electron chi connectivity index (χ2n) is 7.40. The Bertz CT molecular complexity index is 1190. The van der Waals surface area contributed by atoms with Crippen molar-refractivity contribution in [3.63, 3.8) is 0 Å². The highest BCUT2D eigenvalue weighted by atomic mass is 35.5. The molecule has 1 fully saturated rings. The normalized spacial score (nSPS) is 19.8. The molecule has 2 N–H and O–H groups in total. The van der Waals surface area contributed by atoms with E-state index in [4.69, 9.17) is 23.2 Å². The van der Waals surface area contributed by atoms with Gasteiger partial charge in [-0.05, 0) is 36.6 Å². The van der Waals surface area contributed by atoms with Gasteiger partial charge in [0.2, 0.25) is 0 Å². The van der Waals surface area contributed by atoms with E-state index in [9.17, 15) is 5.11 Å². The molecular weight excluding hydrogens is 429 g/mol. The van der Waals surface area contributed by atoms with E-state index < -0.39 is 0 Å². The number of halogens is 2. The number of anilines is 1. The van der Waals surface area contributed by atoms with Gasteiger partial charge in [0.15, 0.2) is 10.8 Å². The molecule has 0 saturated heterocycles. The van der Waals surface area contributed by atoms with Gasteiger partial charge in [-0.15, -0.1) is 0 Å². The summed E-state index contributed by atoms with van der Waals surface area (Å²) in [7, 11) is 0. The second kappa shape index (κ2) is 7.72. The van der Waals surface area contributed by atoms with E-state index in [1.54, 1.807) is 23.7 Å². The van der Waals surface area contributed by atoms with Gasteiger partial charge in [-0.3, -0.25) is 0 Å². The van der Waals surface area contributed by atoms with E-state index in [0.717, 1.165) is 52.1 Å². The summed E-state index contributed by atoms with van der Waals surface area (Å²) in [5.41, 5.74) is 3.50. The molecule has 1 saturated carbocycles. The van der Waals surface area contributed by atoms with Gasteiger partial charge in [0.05, 0.1) is 40.3 Å². The Labute approximate surface area is 181 Å². The minimum absolute atomic E-state index is 0.0868. The number of aliphatic hydroxyl groups excluding tert-OH is 1. The average Bonchev–Trinajstić information content (AvgIpc) is 3.27. The third-order valence-corrected chi connectivity index (χ3v) is 6.97. The zero-order valence-electron chi connectivity index (χ0n) is 15.5. The predicted molar refractivity (Wildman–Crippen MR) is 118 cm³/mol. The van der Waals surface area contributed by atoms with Crippen LogP contribution in [0.4, 0.5) is 5.13 Å². The van der Waals surface area contributed by atoms with Crippen molar-refractivity contribution in [1.29, 1.82) is 0 Å². The molecule has 3 aromatic heterocycles. The highest BCUT2D eigenvalue weighted by Crippen LogP contribution is 2.30. The van der Waals surface area contributed by atoms with Gasteiger partial charge in [0.25, 0.3) is 0 Å². The molecule has 1 aliphatic rings. The molecular formula is C20H19Cl2N5OS. The zero-order chi connectivity index (χ0) is 20.0. The Morgan fingerprint density at radius 3 is 2.86 bits per heavy atom. The number of aliphatic hydroxyl groups is 1. The van der Waals surface area contributed by atoms with Crippen LogP contribution in [0.15, 0.2) is 30.6 Å². The van der Waals surface area contributed by atoms with E-state index in [1.165, 1.54) is 0 Å². The number of thiazole rings is 1. The Kier molecular flexibility index (Phi) is 5.07. The molecule has 1 unspecified atom stereocenters. The molecule has 1 aliphatic carbocycles. The van der Waals surface area contributed by atoms with E-state index in [2.05, 4.69) is 32.4 Å². The lowest BCUT2D eigenvalue weighted by Gasteiger charge is -2.27. The maximum Gasteiger partial charge on any atom is 0.184 e. The summed E-state index contributed by atoms with van der Waals surface area (Å²) in [5.74, 6) is 0. The van der Waals surface area contributed by atoms with Crippen LogP contribution in [0.1, 0.15) is 31.2 Å². The molecule has 1 aromatic carbocycles. The Morgan fingerprint density at radius 2 is 2.00 bits per heavy atom. The second-order valence-corrected chi connectivity index (χ2v) is 9.20. The third-order valence-electron chi connectivity index (χ3n) is 5.35. The Balaban J connectivity index is 1.39. The quantitative estimate of drug-likeness (QED) is 0.425. The van der Waals surface area contributed by atoms with Crippen molar-refractivity contribution in [2.24, 2.45) is 0 Å². The van der Waals surface area contributed by atoms with Crippen LogP contribution in [0.3, 0.4) is 0 Å². The number of imidazole rings is 1. The molecule has 0 radical (unpaired) electrons. The smallest absolute Gasteiger partial charge is 0.184 e. The van der Waals surface area contributed by atoms with Crippen LogP contribution in [0.2, 0.25) is 10.2 Å². The van der Waals surface area contributed by atoms with Crippen molar-refractivity contribution in [2.75, 3.05) is 5.32 Å². The fourth-order valence-corrected chi connectivity index (χ4v) is 5.09. The number of fused-ring (bicyclic) bond motifs is 2. The predicted octanol–water partition coefficient (Wildman–Crippen LogP) is 5.11. The van der Waals surface area contributed by atoms with Gasteiger partial charge in [-0.25, -0.2) is 15.0 Å². The van der Waals surface area contributed by atoms with Crippen molar-refractivity contribution in [2.45, 2.75) is 44.4 Å². The molecule has 6 nitrogen and oxygen atoms in total. The van der Waals surface area contributed by atoms with Crippen LogP contribution in [0, 0.1) is 0 Å². The number of benzene rings is 1. The van der Waals surface area contributed by atoms with Gasteiger partial charge in [-0.2, -0.15) is 0 Å². The lowest BCUT2D eigenvalue weighted by Crippen LogP contribution is -2.36. The fourth-order valence-electron chi connectivity index (χ4n) is 3.82. The highest BCUT2D eigenvalue weighted by molar-refractivity contribution is 7.22. The van der Waals surface area contributed by atoms with E-state index in [-0.39, 0.29) is 17.3 Å². The number of hydrogen-bond acceptors (Lipinski definition) is 6. The lowest BCUT2D eigenvalue weighted by molar-refractivity contribution is 0.116. The molecule has 0 bridgehead atoms. The van der Waals surface area contributed by atoms with Gasteiger partial charge in [-0.1, -0.05) is 53.4 Å². The molecule has 150 valence electrons. The zero-order valence-corrected chi connectivity index (χ0v) is 17.8. The van der Waals surface area contributed by atoms with Crippen molar-refractivity contribution < 1.29 is 5.11 Å². The maximum absolute atomic E-state index is 10.2. The fraction of sp³-hybridized carbons (Fsp3) is 0.350. The summed E-state index contributed by atoms with van der Waals surface area (Å²) >= 11 is 13.7. The Morgan fingerprint density at radius 1 is 1.14 bits per heavy atom. The average molecular weight is 448 g/mol. The standard InChI is InChI=1S/C20H19Cl2N5OS/c21-12-8-15-19(26-18(12)22)27(10-23-15)9-11-5-6-14-17(7-11)29-20(25-14)24-13-3-1-2-4-16(13)28/h5-8,10,13,16,28H,1-4,9H2,(H,24,25)/t13?,16-/m1/s1. The van der Waals surface area contributed by atoms with E-state index in [0.29, 0.717) is 17.2 Å². The van der Waals surface area contributed by atoms with Gasteiger partial charge < -0.3 is 15.0 Å². The molecule has 4 aromatic rings. The number of pyridine rings is 1. The van der Waals surface area contributed by atoms with E-state index >= 15 is 0 Å². The number of rotatable bonds is 4. The first kappa shape index (κ1) is 19.1. The molecule has 5 rings (SSSR count). The number of hydrogen-bond donors (Lipinski definition) is 2. The lowest BCUT2D eigenvalue weighted by atomic mass is 9.93. The molecule has 3 heterocycles. The molecule has 0 amide bonds. The number of nitrogens with zero attached hydrogens (tertiary/aromatic N) is 4. The van der Waals surface area contributed by atoms with Crippen molar-refractivity contribution in [1.82, 2.24) is 19.5 Å². The summed E-state index contributed by atoms with van der Waals surface area (Å²) in [4.78, 5) is 13.4. The van der Waals surface area contributed by atoms with Gasteiger partial charge in [0, 0.05) is 0 Å². The largest absolute Gasteiger partial charge is 0.391 e. The first-order valence-corrected chi connectivity index (χ1v) is 11.1. The molecule has 2 atom stereocenters. The number of nitrogens with one attached hydrogen (secondary N) is 1. The summed E-state index contributed by atoms with van der Waals surface area (Å²) in [6.07, 6.45) is 5.53. The molecule has 0 spiro atoms. The summed E-state index contributed by atoms with van der Waals surface area (Å²) in [6.45, 7) is 0.624. The van der Waals surface area contributed by atoms with Gasteiger partial charge >= 0.3 is 0 Å².